The summed E-state index contributed by atoms with van der Waals surface area (Å²) in [6.45, 7) is 22.3. The van der Waals surface area contributed by atoms with Gasteiger partial charge in [-0.1, -0.05) is 64.4 Å². The highest BCUT2D eigenvalue weighted by Crippen LogP contribution is 2.23. The highest BCUT2D eigenvalue weighted by molar-refractivity contribution is 6.30. The summed E-state index contributed by atoms with van der Waals surface area (Å²) < 4.78 is 5.69. The van der Waals surface area contributed by atoms with Crippen LogP contribution in [0.15, 0.2) is 65.3 Å². The highest BCUT2D eigenvalue weighted by Gasteiger charge is 2.05. The summed E-state index contributed by atoms with van der Waals surface area (Å²) >= 11 is 5.90. The van der Waals surface area contributed by atoms with Crippen LogP contribution in [0, 0.1) is 12.8 Å². The summed E-state index contributed by atoms with van der Waals surface area (Å²) in [6.07, 6.45) is 2.98. The van der Waals surface area contributed by atoms with Crippen molar-refractivity contribution in [2.45, 2.75) is 68.4 Å². The molecule has 0 spiro atoms. The predicted molar refractivity (Wildman–Crippen MR) is 162 cm³/mol. The van der Waals surface area contributed by atoms with Crippen molar-refractivity contribution in [3.63, 3.8) is 0 Å². The summed E-state index contributed by atoms with van der Waals surface area (Å²) in [5.41, 5.74) is 7.67. The third kappa shape index (κ3) is 12.9. The van der Waals surface area contributed by atoms with Gasteiger partial charge in [0.25, 0.3) is 0 Å². The maximum Gasteiger partial charge on any atom is 0.122 e. The molecule has 2 aromatic carbocycles. The second-order valence-electron chi connectivity index (χ2n) is 8.92. The summed E-state index contributed by atoms with van der Waals surface area (Å²) in [5, 5.41) is 7.26. The fourth-order valence-corrected chi connectivity index (χ4v) is 3.38. The van der Waals surface area contributed by atoms with Gasteiger partial charge in [0.2, 0.25) is 0 Å². The van der Waals surface area contributed by atoms with Crippen LogP contribution in [-0.4, -0.2) is 26.4 Å². The van der Waals surface area contributed by atoms with Crippen LogP contribution in [0.3, 0.4) is 0 Å². The lowest BCUT2D eigenvalue weighted by Gasteiger charge is -2.12. The molecule has 5 heteroatoms. The van der Waals surface area contributed by atoms with Crippen molar-refractivity contribution in [3.8, 4) is 5.75 Å². The van der Waals surface area contributed by atoms with Crippen molar-refractivity contribution in [2.24, 2.45) is 10.9 Å². The molecular formula is C31H48ClN3O. The van der Waals surface area contributed by atoms with E-state index in [0.29, 0.717) is 5.92 Å². The lowest BCUT2D eigenvalue weighted by Crippen LogP contribution is -2.10. The zero-order valence-electron chi connectivity index (χ0n) is 24.2. The Labute approximate surface area is 225 Å². The van der Waals surface area contributed by atoms with Crippen LogP contribution in [0.4, 0.5) is 5.69 Å². The van der Waals surface area contributed by atoms with Gasteiger partial charge in [-0.05, 0) is 93.3 Å². The summed E-state index contributed by atoms with van der Waals surface area (Å²) in [5.74, 6) is 1.51. The Balaban J connectivity index is 0.000000671. The Morgan fingerprint density at radius 2 is 1.78 bits per heavy atom. The Hall–Kier alpha value is -2.56. The van der Waals surface area contributed by atoms with E-state index < -0.39 is 0 Å². The minimum atomic E-state index is 0.551. The first kappa shape index (κ1) is 33.4. The first-order chi connectivity index (χ1) is 17.1. The van der Waals surface area contributed by atoms with Crippen LogP contribution in [0.2, 0.25) is 5.02 Å². The second-order valence-corrected chi connectivity index (χ2v) is 9.35. The van der Waals surface area contributed by atoms with Gasteiger partial charge in [0.05, 0.1) is 18.0 Å². The largest absolute Gasteiger partial charge is 0.493 e. The monoisotopic (exact) mass is 513 g/mol. The van der Waals surface area contributed by atoms with Crippen molar-refractivity contribution in [1.82, 2.24) is 5.32 Å². The molecule has 0 saturated heterocycles. The van der Waals surface area contributed by atoms with Gasteiger partial charge in [0.15, 0.2) is 0 Å². The van der Waals surface area contributed by atoms with Crippen LogP contribution >= 0.6 is 11.6 Å². The van der Waals surface area contributed by atoms with Crippen LogP contribution in [0.5, 0.6) is 5.75 Å². The second kappa shape index (κ2) is 18.7. The molecule has 0 bridgehead atoms. The van der Waals surface area contributed by atoms with Crippen LogP contribution in [0.1, 0.15) is 65.2 Å². The van der Waals surface area contributed by atoms with E-state index >= 15 is 0 Å². The number of hydrogen-bond acceptors (Lipinski definition) is 4. The molecule has 0 amide bonds. The Morgan fingerprint density at radius 1 is 1.11 bits per heavy atom. The fraction of sp³-hybridized carbons (Fsp3) is 0.452. The SMILES string of the molecule is C=C(Nc1ccc(CNC)c(C)c1)C(C=C(C)C)=NC.CC.CCc1cc(Cl)ccc1OCC(C)C. The number of anilines is 1. The molecule has 0 saturated carbocycles. The maximum atomic E-state index is 5.90. The Bertz CT molecular complexity index is 989. The number of hydrogen-bond donors (Lipinski definition) is 2. The van der Waals surface area contributed by atoms with Crippen LogP contribution in [0.25, 0.3) is 0 Å². The first-order valence-electron chi connectivity index (χ1n) is 12.8. The van der Waals surface area contributed by atoms with E-state index in [1.54, 1.807) is 7.05 Å². The molecule has 36 heavy (non-hydrogen) atoms. The molecule has 0 unspecified atom stereocenters. The quantitative estimate of drug-likeness (QED) is 0.312. The molecule has 0 aromatic heterocycles. The maximum absolute atomic E-state index is 5.90. The third-order valence-electron chi connectivity index (χ3n) is 4.96. The lowest BCUT2D eigenvalue weighted by molar-refractivity contribution is 0.269. The van der Waals surface area contributed by atoms with Gasteiger partial charge in [-0.15, -0.1) is 0 Å². The van der Waals surface area contributed by atoms with Crippen molar-refractivity contribution in [3.05, 3.63) is 82.0 Å². The van der Waals surface area contributed by atoms with Gasteiger partial charge in [0, 0.05) is 24.3 Å². The van der Waals surface area contributed by atoms with Crippen molar-refractivity contribution < 1.29 is 4.74 Å². The van der Waals surface area contributed by atoms with E-state index in [9.17, 15) is 0 Å². The van der Waals surface area contributed by atoms with Crippen molar-refractivity contribution >= 4 is 23.0 Å². The highest BCUT2D eigenvalue weighted by atomic mass is 35.5. The van der Waals surface area contributed by atoms with E-state index in [-0.39, 0.29) is 0 Å². The normalized spacial score (nSPS) is 10.5. The van der Waals surface area contributed by atoms with Crippen molar-refractivity contribution in [2.75, 3.05) is 26.0 Å². The van der Waals surface area contributed by atoms with Crippen LogP contribution < -0.4 is 15.4 Å². The van der Waals surface area contributed by atoms with Gasteiger partial charge in [-0.2, -0.15) is 0 Å². The van der Waals surface area contributed by atoms with Gasteiger partial charge in [0.1, 0.15) is 5.75 Å². The first-order valence-corrected chi connectivity index (χ1v) is 13.2. The molecule has 0 aliphatic heterocycles. The summed E-state index contributed by atoms with van der Waals surface area (Å²) in [6, 6.07) is 12.1. The molecule has 4 nitrogen and oxygen atoms in total. The van der Waals surface area contributed by atoms with Gasteiger partial charge < -0.3 is 15.4 Å². The lowest BCUT2D eigenvalue weighted by atomic mass is 10.1. The summed E-state index contributed by atoms with van der Waals surface area (Å²) in [7, 11) is 3.74. The molecule has 0 aliphatic rings. The molecule has 2 aromatic rings. The number of allylic oxidation sites excluding steroid dienone is 2. The molecule has 0 atom stereocenters. The molecule has 200 valence electrons. The zero-order valence-corrected chi connectivity index (χ0v) is 24.9. The topological polar surface area (TPSA) is 45.7 Å². The number of benzene rings is 2. The average Bonchev–Trinajstić information content (AvgIpc) is 2.84. The minimum absolute atomic E-state index is 0.551. The van der Waals surface area contributed by atoms with E-state index in [1.165, 1.54) is 22.3 Å². The average molecular weight is 514 g/mol. The smallest absolute Gasteiger partial charge is 0.122 e. The van der Waals surface area contributed by atoms with Gasteiger partial charge in [-0.25, -0.2) is 0 Å². The van der Waals surface area contributed by atoms with E-state index in [1.807, 2.05) is 45.2 Å². The Kier molecular flexibility index (Phi) is 17.3. The molecule has 0 radical (unpaired) electrons. The van der Waals surface area contributed by atoms with Gasteiger partial charge >= 0.3 is 0 Å². The number of rotatable bonds is 10. The molecular weight excluding hydrogens is 466 g/mol. The number of nitrogens with zero attached hydrogens (tertiary/aromatic N) is 1. The van der Waals surface area contributed by atoms with Crippen LogP contribution in [-0.2, 0) is 13.0 Å². The fourth-order valence-electron chi connectivity index (χ4n) is 3.18. The molecule has 0 fully saturated rings. The number of nitrogens with one attached hydrogen (secondary N) is 2. The Morgan fingerprint density at radius 3 is 2.28 bits per heavy atom. The van der Waals surface area contributed by atoms with E-state index in [4.69, 9.17) is 16.3 Å². The molecule has 0 aliphatic carbocycles. The van der Waals surface area contributed by atoms with E-state index in [2.05, 4.69) is 81.9 Å². The van der Waals surface area contributed by atoms with Gasteiger partial charge in [-0.3, -0.25) is 4.99 Å². The number of ether oxygens (including phenoxy) is 1. The zero-order chi connectivity index (χ0) is 27.7. The summed E-state index contributed by atoms with van der Waals surface area (Å²) in [4.78, 5) is 4.26. The van der Waals surface area contributed by atoms with E-state index in [0.717, 1.165) is 47.4 Å². The number of halogens is 1. The number of aliphatic imine (C=N–C) groups is 1. The molecule has 2 rings (SSSR count). The number of aryl methyl sites for hydroxylation is 2. The van der Waals surface area contributed by atoms with Crippen molar-refractivity contribution in [1.29, 1.82) is 0 Å². The molecule has 0 heterocycles. The standard InChI is InChI=1S/C17H25N3.C12H17ClO.C2H6/c1-12(2)9-17(19-6)14(4)20-16-8-7-15(11-18-5)13(3)10-16;1-4-10-7-11(13)5-6-12(10)14-8-9(2)3;1-2/h7-10,18,20H,4,11H2,1-3,5-6H3;5-7,9H,4,8H2,1-3H3;1-2H3. The minimum Gasteiger partial charge on any atom is -0.493 e. The third-order valence-corrected chi connectivity index (χ3v) is 5.19. The molecule has 2 N–H and O–H groups in total. The predicted octanol–water partition coefficient (Wildman–Crippen LogP) is 8.64.